The molecule has 0 rings (SSSR count). The van der Waals surface area contributed by atoms with E-state index in [1.807, 2.05) is 21.1 Å². The van der Waals surface area contributed by atoms with Crippen molar-refractivity contribution in [2.75, 3.05) is 47.5 Å². The number of allylic oxidation sites excluding steroid dienone is 26. The minimum Gasteiger partial charge on any atom is -0.462 e. The summed E-state index contributed by atoms with van der Waals surface area (Å²) in [7, 11) is 1.43. The molecule has 1 N–H and O–H groups in total. The van der Waals surface area contributed by atoms with E-state index in [0.717, 1.165) is 109 Å². The lowest BCUT2D eigenvalue weighted by molar-refractivity contribution is -0.870. The molecule has 0 spiro atoms. The Hall–Kier alpha value is -4.37. The smallest absolute Gasteiger partial charge is 0.462 e. The number of likely N-dealkylation sites (N-methyl/N-ethyl adjacent to an activating group) is 1. The van der Waals surface area contributed by atoms with Gasteiger partial charge < -0.3 is 18.9 Å². The third kappa shape index (κ3) is 64.8. The molecule has 0 aromatic carbocycles. The quantitative estimate of drug-likeness (QED) is 0.0211. The van der Waals surface area contributed by atoms with Crippen molar-refractivity contribution < 1.29 is 42.1 Å². The second-order valence-corrected chi connectivity index (χ2v) is 23.5. The molecule has 0 saturated carbocycles. The Labute approximate surface area is 503 Å². The molecule has 0 bridgehead atoms. The highest BCUT2D eigenvalue weighted by atomic mass is 31.2. The van der Waals surface area contributed by atoms with Gasteiger partial charge in [0, 0.05) is 12.8 Å². The van der Waals surface area contributed by atoms with Gasteiger partial charge in [-0.2, -0.15) is 0 Å². The van der Waals surface area contributed by atoms with Gasteiger partial charge in [0.1, 0.15) is 19.8 Å². The highest BCUT2D eigenvalue weighted by Crippen LogP contribution is 2.43. The van der Waals surface area contributed by atoms with Crippen LogP contribution in [0.2, 0.25) is 0 Å². The number of hydrogen-bond donors (Lipinski definition) is 1. The zero-order valence-corrected chi connectivity index (χ0v) is 53.6. The van der Waals surface area contributed by atoms with Crippen LogP contribution in [0.25, 0.3) is 0 Å². The molecule has 464 valence electrons. The summed E-state index contributed by atoms with van der Waals surface area (Å²) >= 11 is 0. The predicted molar refractivity (Wildman–Crippen MR) is 353 cm³/mol. The van der Waals surface area contributed by atoms with E-state index in [-0.39, 0.29) is 26.1 Å². The summed E-state index contributed by atoms with van der Waals surface area (Å²) in [5.74, 6) is -0.873. The van der Waals surface area contributed by atoms with E-state index in [4.69, 9.17) is 18.5 Å². The molecule has 82 heavy (non-hydrogen) atoms. The van der Waals surface area contributed by atoms with Crippen molar-refractivity contribution in [2.24, 2.45) is 0 Å². The molecule has 0 aromatic heterocycles. The fraction of sp³-hybridized carbons (Fsp3) is 0.611. The number of rotatable bonds is 57. The molecule has 0 aliphatic heterocycles. The maximum atomic E-state index is 12.8. The number of phosphoric acid groups is 1. The molecular formula is C72H119NO8P+. The highest BCUT2D eigenvalue weighted by molar-refractivity contribution is 7.47. The van der Waals surface area contributed by atoms with E-state index in [9.17, 15) is 19.0 Å². The lowest BCUT2D eigenvalue weighted by atomic mass is 10.0. The number of nitrogens with zero attached hydrogens (tertiary/aromatic N) is 1. The van der Waals surface area contributed by atoms with E-state index >= 15 is 0 Å². The second-order valence-electron chi connectivity index (χ2n) is 22.0. The van der Waals surface area contributed by atoms with Crippen molar-refractivity contribution in [3.05, 3.63) is 158 Å². The van der Waals surface area contributed by atoms with Gasteiger partial charge in [-0.25, -0.2) is 4.57 Å². The first-order valence-corrected chi connectivity index (χ1v) is 33.7. The normalized spacial score (nSPS) is 14.3. The molecule has 2 atom stereocenters. The van der Waals surface area contributed by atoms with Crippen molar-refractivity contribution in [1.82, 2.24) is 0 Å². The van der Waals surface area contributed by atoms with E-state index < -0.39 is 32.5 Å². The van der Waals surface area contributed by atoms with Crippen LogP contribution in [0, 0.1) is 0 Å². The van der Waals surface area contributed by atoms with E-state index in [1.165, 1.54) is 83.5 Å². The minimum absolute atomic E-state index is 0.0161. The molecule has 0 amide bonds. The van der Waals surface area contributed by atoms with Crippen LogP contribution in [0.5, 0.6) is 0 Å². The van der Waals surface area contributed by atoms with Crippen LogP contribution in [0.1, 0.15) is 232 Å². The lowest BCUT2D eigenvalue weighted by Crippen LogP contribution is -2.37. The van der Waals surface area contributed by atoms with Crippen LogP contribution in [0.3, 0.4) is 0 Å². The number of carbonyl (C=O) groups excluding carboxylic acids is 2. The summed E-state index contributed by atoms with van der Waals surface area (Å²) in [5, 5.41) is 0. The standard InChI is InChI=1S/C72H118NO8P/c1-6-8-10-12-14-16-18-20-22-24-25-26-27-28-29-30-31-32-33-34-35-36-37-38-39-40-41-42-43-44-45-46-47-49-51-53-55-57-59-61-63-65-72(75)81-70(69-80-82(76,77)79-67-66-73(3,4)5)68-78-71(74)64-62-60-58-56-54-52-50-48-23-21-19-17-15-13-11-9-7-2/h8-11,14-17,20-23,25-26,28-29,31-32,34-35,37-38,50,52,56,58,70H,6-7,12-13,18-19,24,27,30,33,36,39-49,51,53-55,57,59-69H2,1-5H3/p+1/b10-8-,11-9-,16-14-,17-15-,22-20-,23-21-,26-25-,29-28-,32-31-,35-34-,38-37-,52-50-,58-56-. The van der Waals surface area contributed by atoms with Crippen LogP contribution in [-0.2, 0) is 32.7 Å². The number of quaternary nitrogens is 1. The van der Waals surface area contributed by atoms with Gasteiger partial charge in [-0.3, -0.25) is 18.6 Å². The number of hydrogen-bond acceptors (Lipinski definition) is 7. The van der Waals surface area contributed by atoms with Gasteiger partial charge in [0.15, 0.2) is 6.10 Å². The molecule has 9 nitrogen and oxygen atoms in total. The van der Waals surface area contributed by atoms with Crippen LogP contribution in [-0.4, -0.2) is 74.9 Å². The SMILES string of the molecule is CC/C=C\C/C=C\C/C=C\C/C=C\C/C=C\C/C=C\C/C=C\C/C=C\CCCCCCCCCCCCCCCCCCC(=O)OC(COC(=O)CCC/C=C\C/C=C\C/C=C\C/C=C\C/C=C\CC)COP(=O)(O)OCC[N+](C)(C)C. The van der Waals surface area contributed by atoms with Gasteiger partial charge in [0.2, 0.25) is 0 Å². The number of phosphoric ester groups is 1. The molecule has 0 radical (unpaired) electrons. The molecule has 0 fully saturated rings. The van der Waals surface area contributed by atoms with Gasteiger partial charge in [-0.05, 0) is 116 Å². The Bertz CT molecular complexity index is 1940. The van der Waals surface area contributed by atoms with Crippen LogP contribution in [0.15, 0.2) is 158 Å². The van der Waals surface area contributed by atoms with Gasteiger partial charge >= 0.3 is 19.8 Å². The summed E-state index contributed by atoms with van der Waals surface area (Å²) in [6.45, 7) is 4.12. The number of esters is 2. The number of ether oxygens (including phenoxy) is 2. The van der Waals surface area contributed by atoms with E-state index in [0.29, 0.717) is 23.9 Å². The third-order valence-electron chi connectivity index (χ3n) is 13.1. The van der Waals surface area contributed by atoms with E-state index in [1.54, 1.807) is 0 Å². The van der Waals surface area contributed by atoms with Crippen LogP contribution < -0.4 is 0 Å². The maximum absolute atomic E-state index is 12.8. The van der Waals surface area contributed by atoms with E-state index in [2.05, 4.69) is 172 Å². The Morgan fingerprint density at radius 2 is 0.671 bits per heavy atom. The summed E-state index contributed by atoms with van der Waals surface area (Å²) in [6, 6.07) is 0. The Kier molecular flexibility index (Phi) is 57.9. The first-order valence-electron chi connectivity index (χ1n) is 32.2. The largest absolute Gasteiger partial charge is 0.472 e. The average molecular weight is 1160 g/mol. The fourth-order valence-corrected chi connectivity index (χ4v) is 8.93. The summed E-state index contributed by atoms with van der Waals surface area (Å²) in [4.78, 5) is 35.7. The molecular weight excluding hydrogens is 1040 g/mol. The zero-order chi connectivity index (χ0) is 59.8. The maximum Gasteiger partial charge on any atom is 0.472 e. The van der Waals surface area contributed by atoms with Gasteiger partial charge in [0.05, 0.1) is 27.7 Å². The fourth-order valence-electron chi connectivity index (χ4n) is 8.18. The molecule has 0 saturated heterocycles. The predicted octanol–water partition coefficient (Wildman–Crippen LogP) is 20.8. The molecule has 0 aliphatic carbocycles. The summed E-state index contributed by atoms with van der Waals surface area (Å²) < 4.78 is 34.5. The summed E-state index contributed by atoms with van der Waals surface area (Å²) in [5.41, 5.74) is 0. The van der Waals surface area contributed by atoms with Crippen LogP contribution in [0.4, 0.5) is 0 Å². The number of carbonyl (C=O) groups is 2. The van der Waals surface area contributed by atoms with Crippen LogP contribution >= 0.6 is 7.82 Å². The Balaban J connectivity index is 4.06. The van der Waals surface area contributed by atoms with Crippen molar-refractivity contribution >= 4 is 19.8 Å². The monoisotopic (exact) mass is 1160 g/mol. The lowest BCUT2D eigenvalue weighted by Gasteiger charge is -2.24. The van der Waals surface area contributed by atoms with Crippen molar-refractivity contribution in [3.63, 3.8) is 0 Å². The first-order chi connectivity index (χ1) is 40.0. The third-order valence-corrected chi connectivity index (χ3v) is 14.0. The Morgan fingerprint density at radius 1 is 0.378 bits per heavy atom. The number of unbranched alkanes of at least 4 members (excludes halogenated alkanes) is 17. The molecule has 0 aromatic rings. The molecule has 0 heterocycles. The zero-order valence-electron chi connectivity index (χ0n) is 52.7. The summed E-state index contributed by atoms with van der Waals surface area (Å²) in [6.07, 6.45) is 92.1. The Morgan fingerprint density at radius 3 is 1.01 bits per heavy atom. The van der Waals surface area contributed by atoms with Gasteiger partial charge in [0.25, 0.3) is 0 Å². The minimum atomic E-state index is -4.41. The molecule has 0 aliphatic rings. The first kappa shape index (κ1) is 77.6. The molecule has 2 unspecified atom stereocenters. The van der Waals surface area contributed by atoms with Crippen molar-refractivity contribution in [1.29, 1.82) is 0 Å². The second kappa shape index (κ2) is 61.2. The average Bonchev–Trinajstić information content (AvgIpc) is 3.45. The van der Waals surface area contributed by atoms with Crippen molar-refractivity contribution in [2.45, 2.75) is 238 Å². The van der Waals surface area contributed by atoms with Crippen molar-refractivity contribution in [3.8, 4) is 0 Å². The molecule has 10 heteroatoms. The topological polar surface area (TPSA) is 108 Å². The highest BCUT2D eigenvalue weighted by Gasteiger charge is 2.27. The van der Waals surface area contributed by atoms with Gasteiger partial charge in [-0.15, -0.1) is 0 Å². The van der Waals surface area contributed by atoms with Gasteiger partial charge in [-0.1, -0.05) is 262 Å².